The second-order valence-electron chi connectivity index (χ2n) is 7.42. The SMILES string of the molecule is CCCCOc1ccc2ncn(-c3ccc(C4CCNCC4)cc3)c(=O)c2c1. The fraction of sp³-hybridized carbons (Fsp3) is 0.391. The Hall–Kier alpha value is -2.66. The highest BCUT2D eigenvalue weighted by Gasteiger charge is 2.15. The van der Waals surface area contributed by atoms with Crippen LogP contribution in [0.15, 0.2) is 53.6 Å². The molecule has 0 bridgehead atoms. The Labute approximate surface area is 165 Å². The van der Waals surface area contributed by atoms with E-state index in [1.807, 2.05) is 24.3 Å². The fourth-order valence-corrected chi connectivity index (χ4v) is 3.77. The van der Waals surface area contributed by atoms with Gasteiger partial charge in [-0.15, -0.1) is 0 Å². The summed E-state index contributed by atoms with van der Waals surface area (Å²) >= 11 is 0. The van der Waals surface area contributed by atoms with Crippen molar-refractivity contribution in [3.8, 4) is 11.4 Å². The van der Waals surface area contributed by atoms with E-state index in [1.54, 1.807) is 17.0 Å². The molecular weight excluding hydrogens is 350 g/mol. The van der Waals surface area contributed by atoms with Crippen LogP contribution in [0.2, 0.25) is 0 Å². The Morgan fingerprint density at radius 2 is 1.93 bits per heavy atom. The number of benzene rings is 2. The number of ether oxygens (including phenoxy) is 1. The topological polar surface area (TPSA) is 56.1 Å². The summed E-state index contributed by atoms with van der Waals surface area (Å²) in [5, 5.41) is 3.99. The van der Waals surface area contributed by atoms with E-state index in [2.05, 4.69) is 29.4 Å². The number of nitrogens with one attached hydrogen (secondary N) is 1. The van der Waals surface area contributed by atoms with Crippen LogP contribution in [0.1, 0.15) is 44.1 Å². The maximum Gasteiger partial charge on any atom is 0.265 e. The van der Waals surface area contributed by atoms with Gasteiger partial charge in [-0.05, 0) is 74.2 Å². The first kappa shape index (κ1) is 18.7. The number of hydrogen-bond acceptors (Lipinski definition) is 4. The van der Waals surface area contributed by atoms with Crippen molar-refractivity contribution in [2.45, 2.75) is 38.5 Å². The lowest BCUT2D eigenvalue weighted by molar-refractivity contribution is 0.310. The highest BCUT2D eigenvalue weighted by Crippen LogP contribution is 2.26. The summed E-state index contributed by atoms with van der Waals surface area (Å²) in [6.45, 7) is 4.93. The minimum absolute atomic E-state index is 0.0689. The number of hydrogen-bond donors (Lipinski definition) is 1. The molecule has 5 nitrogen and oxygen atoms in total. The van der Waals surface area contributed by atoms with Gasteiger partial charge in [0.1, 0.15) is 12.1 Å². The van der Waals surface area contributed by atoms with Gasteiger partial charge >= 0.3 is 0 Å². The van der Waals surface area contributed by atoms with Crippen molar-refractivity contribution >= 4 is 10.9 Å². The molecule has 0 aliphatic carbocycles. The Bertz CT molecular complexity index is 989. The highest BCUT2D eigenvalue weighted by atomic mass is 16.5. The van der Waals surface area contributed by atoms with Crippen LogP contribution in [0.3, 0.4) is 0 Å². The first-order chi connectivity index (χ1) is 13.8. The summed E-state index contributed by atoms with van der Waals surface area (Å²) in [6, 6.07) is 13.9. The first-order valence-corrected chi connectivity index (χ1v) is 10.2. The van der Waals surface area contributed by atoms with Crippen LogP contribution < -0.4 is 15.6 Å². The average molecular weight is 377 g/mol. The van der Waals surface area contributed by atoms with Crippen LogP contribution in [0.4, 0.5) is 0 Å². The van der Waals surface area contributed by atoms with E-state index in [0.29, 0.717) is 23.4 Å². The second kappa shape index (κ2) is 8.57. The zero-order chi connectivity index (χ0) is 19.3. The molecule has 0 atom stereocenters. The number of unbranched alkanes of at least 4 members (excludes halogenated alkanes) is 1. The Balaban J connectivity index is 1.62. The largest absolute Gasteiger partial charge is 0.494 e. The molecule has 28 heavy (non-hydrogen) atoms. The molecule has 0 unspecified atom stereocenters. The van der Waals surface area contributed by atoms with E-state index >= 15 is 0 Å². The average Bonchev–Trinajstić information content (AvgIpc) is 2.75. The molecule has 0 radical (unpaired) electrons. The van der Waals surface area contributed by atoms with E-state index in [9.17, 15) is 4.79 Å². The lowest BCUT2D eigenvalue weighted by Gasteiger charge is -2.23. The second-order valence-corrected chi connectivity index (χ2v) is 7.42. The third kappa shape index (κ3) is 3.94. The molecule has 1 N–H and O–H groups in total. The van der Waals surface area contributed by atoms with Gasteiger partial charge < -0.3 is 10.1 Å². The number of rotatable bonds is 6. The van der Waals surface area contributed by atoms with Crippen molar-refractivity contribution in [3.05, 3.63) is 64.7 Å². The molecule has 4 rings (SSSR count). The molecule has 3 aromatic rings. The van der Waals surface area contributed by atoms with Gasteiger partial charge in [-0.3, -0.25) is 9.36 Å². The zero-order valence-corrected chi connectivity index (χ0v) is 16.4. The Morgan fingerprint density at radius 3 is 2.68 bits per heavy atom. The normalized spacial score (nSPS) is 15.0. The van der Waals surface area contributed by atoms with Crippen molar-refractivity contribution < 1.29 is 4.74 Å². The zero-order valence-electron chi connectivity index (χ0n) is 16.4. The van der Waals surface area contributed by atoms with Crippen LogP contribution in [-0.4, -0.2) is 29.2 Å². The van der Waals surface area contributed by atoms with E-state index in [0.717, 1.165) is 50.2 Å². The molecule has 1 aromatic heterocycles. The summed E-state index contributed by atoms with van der Waals surface area (Å²) in [7, 11) is 0. The van der Waals surface area contributed by atoms with Crippen molar-refractivity contribution in [1.29, 1.82) is 0 Å². The van der Waals surface area contributed by atoms with Crippen LogP contribution >= 0.6 is 0 Å². The van der Waals surface area contributed by atoms with Gasteiger partial charge in [-0.25, -0.2) is 4.98 Å². The predicted octanol–water partition coefficient (Wildman–Crippen LogP) is 4.03. The number of piperidine rings is 1. The summed E-state index contributed by atoms with van der Waals surface area (Å²) in [6.07, 6.45) is 6.02. The van der Waals surface area contributed by atoms with Gasteiger partial charge in [-0.1, -0.05) is 25.5 Å². The number of fused-ring (bicyclic) bond motifs is 1. The van der Waals surface area contributed by atoms with Crippen molar-refractivity contribution in [2.24, 2.45) is 0 Å². The van der Waals surface area contributed by atoms with E-state index in [4.69, 9.17) is 4.74 Å². The lowest BCUT2D eigenvalue weighted by atomic mass is 9.90. The molecule has 2 aromatic carbocycles. The summed E-state index contributed by atoms with van der Waals surface area (Å²) in [5.41, 5.74) is 2.81. The molecule has 146 valence electrons. The number of aromatic nitrogens is 2. The van der Waals surface area contributed by atoms with Gasteiger partial charge in [0.25, 0.3) is 5.56 Å². The molecule has 1 aliphatic heterocycles. The van der Waals surface area contributed by atoms with E-state index < -0.39 is 0 Å². The molecule has 1 saturated heterocycles. The summed E-state index contributed by atoms with van der Waals surface area (Å²) < 4.78 is 7.37. The molecule has 1 fully saturated rings. The van der Waals surface area contributed by atoms with Crippen molar-refractivity contribution in [3.63, 3.8) is 0 Å². The van der Waals surface area contributed by atoms with Crippen molar-refractivity contribution in [2.75, 3.05) is 19.7 Å². The fourth-order valence-electron chi connectivity index (χ4n) is 3.77. The van der Waals surface area contributed by atoms with Crippen LogP contribution in [0, 0.1) is 0 Å². The lowest BCUT2D eigenvalue weighted by Crippen LogP contribution is -2.26. The monoisotopic (exact) mass is 377 g/mol. The quantitative estimate of drug-likeness (QED) is 0.659. The molecule has 0 spiro atoms. The molecular formula is C23H27N3O2. The summed E-state index contributed by atoms with van der Waals surface area (Å²) in [5.74, 6) is 1.32. The van der Waals surface area contributed by atoms with E-state index in [1.165, 1.54) is 5.56 Å². The van der Waals surface area contributed by atoms with Gasteiger partial charge in [0.05, 0.1) is 23.2 Å². The van der Waals surface area contributed by atoms with Gasteiger partial charge in [0.2, 0.25) is 0 Å². The minimum atomic E-state index is -0.0689. The third-order valence-electron chi connectivity index (χ3n) is 5.48. The molecule has 1 aliphatic rings. The van der Waals surface area contributed by atoms with Crippen molar-refractivity contribution in [1.82, 2.24) is 14.9 Å². The molecule has 5 heteroatoms. The predicted molar refractivity (Wildman–Crippen MR) is 113 cm³/mol. The van der Waals surface area contributed by atoms with Crippen LogP contribution in [0.25, 0.3) is 16.6 Å². The molecule has 0 amide bonds. The van der Waals surface area contributed by atoms with Crippen LogP contribution in [-0.2, 0) is 0 Å². The van der Waals surface area contributed by atoms with Gasteiger partial charge in [0, 0.05) is 0 Å². The molecule has 0 saturated carbocycles. The highest BCUT2D eigenvalue weighted by molar-refractivity contribution is 5.79. The number of nitrogens with zero attached hydrogens (tertiary/aromatic N) is 2. The maximum absolute atomic E-state index is 13.1. The Kier molecular flexibility index (Phi) is 5.72. The standard InChI is InChI=1S/C23H27N3O2/c1-2-3-14-28-20-8-9-22-21(15-20)23(27)26(16-25-22)19-6-4-17(5-7-19)18-10-12-24-13-11-18/h4-9,15-16,18,24H,2-3,10-14H2,1H3. The minimum Gasteiger partial charge on any atom is -0.494 e. The smallest absolute Gasteiger partial charge is 0.265 e. The van der Waals surface area contributed by atoms with E-state index in [-0.39, 0.29) is 5.56 Å². The Morgan fingerprint density at radius 1 is 1.14 bits per heavy atom. The molecule has 2 heterocycles. The van der Waals surface area contributed by atoms with Gasteiger partial charge in [0.15, 0.2) is 0 Å². The summed E-state index contributed by atoms with van der Waals surface area (Å²) in [4.78, 5) is 17.5. The maximum atomic E-state index is 13.1. The first-order valence-electron chi connectivity index (χ1n) is 10.2. The van der Waals surface area contributed by atoms with Gasteiger partial charge in [-0.2, -0.15) is 0 Å². The third-order valence-corrected chi connectivity index (χ3v) is 5.48. The van der Waals surface area contributed by atoms with Crippen LogP contribution in [0.5, 0.6) is 5.75 Å².